The lowest BCUT2D eigenvalue weighted by atomic mass is 10.1. The number of carbonyl (C=O) groups excluding carboxylic acids is 1. The monoisotopic (exact) mass is 341 g/mol. The second-order valence-electron chi connectivity index (χ2n) is 5.04. The first-order valence-electron chi connectivity index (χ1n) is 7.33. The predicted octanol–water partition coefficient (Wildman–Crippen LogP) is 1.77. The summed E-state index contributed by atoms with van der Waals surface area (Å²) in [6.45, 7) is 0.785. The zero-order valence-electron chi connectivity index (χ0n) is 12.7. The van der Waals surface area contributed by atoms with Gasteiger partial charge in [0.25, 0.3) is 11.8 Å². The van der Waals surface area contributed by atoms with Crippen LogP contribution >= 0.6 is 0 Å². The minimum Gasteiger partial charge on any atom is -0.494 e. The smallest absolute Gasteiger partial charge is 0.322 e. The Morgan fingerprint density at radius 3 is 2.88 bits per heavy atom. The zero-order valence-corrected chi connectivity index (χ0v) is 12.7. The molecule has 1 aromatic carbocycles. The molecule has 0 bridgehead atoms. The Bertz CT molecular complexity index is 1040. The van der Waals surface area contributed by atoms with E-state index in [-0.39, 0.29) is 23.2 Å². The maximum atomic E-state index is 12.4. The Morgan fingerprint density at radius 2 is 2.04 bits per heavy atom. The summed E-state index contributed by atoms with van der Waals surface area (Å²) in [6.07, 6.45) is 2.44. The van der Waals surface area contributed by atoms with E-state index in [9.17, 15) is 9.59 Å². The highest BCUT2D eigenvalue weighted by Gasteiger charge is 2.20. The number of aromatic nitrogens is 2. The van der Waals surface area contributed by atoms with Crippen LogP contribution in [0.15, 0.2) is 50.4 Å². The molecule has 2 aromatic heterocycles. The maximum Gasteiger partial charge on any atom is 0.322 e. The van der Waals surface area contributed by atoms with Crippen molar-refractivity contribution in [3.63, 3.8) is 0 Å². The molecule has 1 aliphatic heterocycles. The van der Waals surface area contributed by atoms with Crippen LogP contribution in [0.5, 0.6) is 0 Å². The number of nitrogens with one attached hydrogen (secondary N) is 1. The van der Waals surface area contributed by atoms with Crippen LogP contribution in [0.2, 0.25) is 0 Å². The highest BCUT2D eigenvalue weighted by atomic mass is 16.6. The number of benzene rings is 1. The summed E-state index contributed by atoms with van der Waals surface area (Å²) in [4.78, 5) is 24.7. The van der Waals surface area contributed by atoms with E-state index in [2.05, 4.69) is 15.5 Å². The average molecular weight is 341 g/mol. The fraction of sp³-hybridized carbons (Fsp3) is 0.125. The summed E-state index contributed by atoms with van der Waals surface area (Å²) in [6, 6.07) is 6.46. The van der Waals surface area contributed by atoms with Crippen molar-refractivity contribution >= 4 is 28.7 Å². The van der Waals surface area contributed by atoms with Crippen molar-refractivity contribution in [1.29, 1.82) is 0 Å². The Hall–Kier alpha value is -3.62. The Balaban J connectivity index is 1.58. The first kappa shape index (κ1) is 14.9. The van der Waals surface area contributed by atoms with Crippen LogP contribution in [0.1, 0.15) is 16.2 Å². The number of amides is 1. The number of hydrogen-bond acceptors (Lipinski definition) is 8. The van der Waals surface area contributed by atoms with Gasteiger partial charge in [-0.3, -0.25) is 14.9 Å². The van der Waals surface area contributed by atoms with Crippen LogP contribution < -0.4 is 10.7 Å². The second kappa shape index (κ2) is 6.11. The van der Waals surface area contributed by atoms with Crippen molar-refractivity contribution in [1.82, 2.24) is 10.2 Å². The predicted molar refractivity (Wildman–Crippen MR) is 84.6 cm³/mol. The molecule has 3 aromatic rings. The number of rotatable bonds is 3. The van der Waals surface area contributed by atoms with Gasteiger partial charge in [-0.25, -0.2) is 0 Å². The number of hydrogen-bond donors (Lipinski definition) is 1. The molecule has 0 spiro atoms. The number of fused-ring (bicyclic) bond motifs is 1. The van der Waals surface area contributed by atoms with Gasteiger partial charge in [0.2, 0.25) is 11.2 Å². The molecule has 4 rings (SSSR count). The molecular formula is C16H11N3O6. The maximum absolute atomic E-state index is 12.4. The number of para-hydroxylation sites is 1. The van der Waals surface area contributed by atoms with Gasteiger partial charge in [-0.05, 0) is 12.1 Å². The fourth-order valence-electron chi connectivity index (χ4n) is 2.25. The van der Waals surface area contributed by atoms with Crippen LogP contribution in [0, 0.1) is 0 Å². The molecule has 1 aliphatic rings. The number of carbonyl (C=O) groups is 1. The molecule has 126 valence electrons. The van der Waals surface area contributed by atoms with E-state index in [1.165, 1.54) is 6.26 Å². The van der Waals surface area contributed by atoms with Gasteiger partial charge >= 0.3 is 6.01 Å². The molecule has 0 unspecified atom stereocenters. The molecule has 1 amide bonds. The van der Waals surface area contributed by atoms with Crippen molar-refractivity contribution in [2.45, 2.75) is 0 Å². The third-order valence-electron chi connectivity index (χ3n) is 3.43. The Kier molecular flexibility index (Phi) is 3.65. The van der Waals surface area contributed by atoms with Crippen molar-refractivity contribution < 1.29 is 23.1 Å². The van der Waals surface area contributed by atoms with E-state index in [0.29, 0.717) is 24.2 Å². The lowest BCUT2D eigenvalue weighted by molar-refractivity contribution is 0.102. The quantitative estimate of drug-likeness (QED) is 0.766. The highest BCUT2D eigenvalue weighted by molar-refractivity contribution is 6.04. The minimum absolute atomic E-state index is 0.0561. The van der Waals surface area contributed by atoms with Gasteiger partial charge in [0.1, 0.15) is 36.9 Å². The highest BCUT2D eigenvalue weighted by Crippen LogP contribution is 2.19. The van der Waals surface area contributed by atoms with Crippen molar-refractivity contribution in [2.75, 3.05) is 18.5 Å². The molecule has 3 heterocycles. The standard InChI is InChI=1S/C16H11N3O6/c20-13-9-3-1-2-4-11(9)24-7-10(13)14(21)17-16-19-18-15(25-16)12-8-22-5-6-23-12/h1-4,7-8H,5-6H2,(H,17,19,21). The second-order valence-corrected chi connectivity index (χ2v) is 5.04. The third kappa shape index (κ3) is 2.82. The molecule has 25 heavy (non-hydrogen) atoms. The Morgan fingerprint density at radius 1 is 1.16 bits per heavy atom. The van der Waals surface area contributed by atoms with Gasteiger partial charge in [0, 0.05) is 0 Å². The molecular weight excluding hydrogens is 330 g/mol. The largest absolute Gasteiger partial charge is 0.494 e. The summed E-state index contributed by atoms with van der Waals surface area (Å²) in [5, 5.41) is 10.1. The molecule has 9 heteroatoms. The zero-order chi connectivity index (χ0) is 17.2. The summed E-state index contributed by atoms with van der Waals surface area (Å²) in [5.41, 5.74) is -0.230. The lowest BCUT2D eigenvalue weighted by Crippen LogP contribution is -2.21. The van der Waals surface area contributed by atoms with Crippen molar-refractivity contribution in [2.24, 2.45) is 0 Å². The first-order valence-corrected chi connectivity index (χ1v) is 7.33. The molecule has 0 saturated heterocycles. The normalized spacial score (nSPS) is 13.7. The molecule has 0 atom stereocenters. The average Bonchev–Trinajstić information content (AvgIpc) is 3.11. The van der Waals surface area contributed by atoms with E-state index < -0.39 is 11.3 Å². The van der Waals surface area contributed by atoms with E-state index in [1.54, 1.807) is 24.3 Å². The van der Waals surface area contributed by atoms with Crippen LogP contribution in [-0.4, -0.2) is 29.3 Å². The Labute approximate surface area is 139 Å². The van der Waals surface area contributed by atoms with E-state index in [4.69, 9.17) is 18.3 Å². The van der Waals surface area contributed by atoms with Gasteiger partial charge in [-0.2, -0.15) is 0 Å². The van der Waals surface area contributed by atoms with Crippen LogP contribution in [-0.2, 0) is 9.47 Å². The van der Waals surface area contributed by atoms with Crippen LogP contribution in [0.3, 0.4) is 0 Å². The van der Waals surface area contributed by atoms with Gasteiger partial charge in [0.05, 0.1) is 5.39 Å². The van der Waals surface area contributed by atoms with Gasteiger partial charge in [0.15, 0.2) is 0 Å². The molecule has 0 saturated carbocycles. The minimum atomic E-state index is -0.718. The van der Waals surface area contributed by atoms with Crippen molar-refractivity contribution in [3.05, 3.63) is 58.5 Å². The number of ether oxygens (including phenoxy) is 2. The van der Waals surface area contributed by atoms with E-state index >= 15 is 0 Å². The van der Waals surface area contributed by atoms with Crippen molar-refractivity contribution in [3.8, 4) is 0 Å². The lowest BCUT2D eigenvalue weighted by Gasteiger charge is -2.11. The third-order valence-corrected chi connectivity index (χ3v) is 3.43. The SMILES string of the molecule is O=C(Nc1nnc(C2=COCCO2)o1)c1coc2ccccc2c1=O. The van der Waals surface area contributed by atoms with E-state index in [1.807, 2.05) is 0 Å². The molecule has 0 aliphatic carbocycles. The van der Waals surface area contributed by atoms with Crippen LogP contribution in [0.25, 0.3) is 16.7 Å². The van der Waals surface area contributed by atoms with E-state index in [0.717, 1.165) is 6.26 Å². The summed E-state index contributed by atoms with van der Waals surface area (Å²) >= 11 is 0. The number of nitrogens with zero attached hydrogens (tertiary/aromatic N) is 2. The first-order chi connectivity index (χ1) is 12.2. The van der Waals surface area contributed by atoms with Crippen LogP contribution in [0.4, 0.5) is 6.01 Å². The molecule has 0 radical (unpaired) electrons. The summed E-state index contributed by atoms with van der Waals surface area (Å²) in [7, 11) is 0. The van der Waals surface area contributed by atoms with Gasteiger partial charge < -0.3 is 18.3 Å². The van der Waals surface area contributed by atoms with Gasteiger partial charge in [-0.15, -0.1) is 5.10 Å². The summed E-state index contributed by atoms with van der Waals surface area (Å²) < 4.78 is 21.0. The molecule has 1 N–H and O–H groups in total. The fourth-order valence-corrected chi connectivity index (χ4v) is 2.25. The summed E-state index contributed by atoms with van der Waals surface area (Å²) in [5.74, 6) is -0.394. The van der Waals surface area contributed by atoms with Gasteiger partial charge in [-0.1, -0.05) is 17.2 Å². The topological polar surface area (TPSA) is 117 Å². The molecule has 9 nitrogen and oxygen atoms in total. The number of anilines is 1. The molecule has 0 fully saturated rings.